The quantitative estimate of drug-likeness (QED) is 0.503. The maximum absolute atomic E-state index is 5.78. The Labute approximate surface area is 147 Å². The number of benzene rings is 1. The van der Waals surface area contributed by atoms with Crippen molar-refractivity contribution in [3.8, 4) is 0 Å². The summed E-state index contributed by atoms with van der Waals surface area (Å²) in [6.45, 7) is 7.46. The molecule has 0 saturated heterocycles. The van der Waals surface area contributed by atoms with Crippen molar-refractivity contribution < 1.29 is 4.42 Å². The fraction of sp³-hybridized carbons (Fsp3) is 0.368. The van der Waals surface area contributed by atoms with Crippen molar-refractivity contribution >= 4 is 16.9 Å². The lowest BCUT2D eigenvalue weighted by atomic mass is 9.94. The van der Waals surface area contributed by atoms with Crippen molar-refractivity contribution in [1.82, 2.24) is 20.6 Å². The maximum Gasteiger partial charge on any atom is 0.213 e. The van der Waals surface area contributed by atoms with Gasteiger partial charge in [0.05, 0.1) is 19.3 Å². The molecular formula is C19H25N5O. The van der Waals surface area contributed by atoms with E-state index in [-0.39, 0.29) is 5.41 Å². The van der Waals surface area contributed by atoms with E-state index in [4.69, 9.17) is 4.42 Å². The summed E-state index contributed by atoms with van der Waals surface area (Å²) in [4.78, 5) is 11.9. The van der Waals surface area contributed by atoms with Gasteiger partial charge >= 0.3 is 0 Å². The Balaban J connectivity index is 1.55. The van der Waals surface area contributed by atoms with Crippen LogP contribution in [0.15, 0.2) is 45.9 Å². The monoisotopic (exact) mass is 339 g/mol. The molecule has 3 aromatic rings. The zero-order valence-corrected chi connectivity index (χ0v) is 15.2. The van der Waals surface area contributed by atoms with E-state index in [1.807, 2.05) is 12.1 Å². The molecule has 0 spiro atoms. The number of rotatable bonds is 4. The van der Waals surface area contributed by atoms with Crippen molar-refractivity contribution in [3.05, 3.63) is 53.9 Å². The summed E-state index contributed by atoms with van der Waals surface area (Å²) in [5, 5.41) is 7.72. The van der Waals surface area contributed by atoms with Gasteiger partial charge in [-0.15, -0.1) is 0 Å². The van der Waals surface area contributed by atoms with E-state index in [1.54, 1.807) is 13.2 Å². The van der Waals surface area contributed by atoms with Gasteiger partial charge < -0.3 is 20.0 Å². The molecule has 0 aliphatic heterocycles. The first kappa shape index (κ1) is 17.1. The van der Waals surface area contributed by atoms with Crippen molar-refractivity contribution in [2.75, 3.05) is 7.05 Å². The molecule has 6 heteroatoms. The molecular weight excluding hydrogens is 314 g/mol. The topological polar surface area (TPSA) is 78.2 Å². The third-order valence-corrected chi connectivity index (χ3v) is 3.96. The third-order valence-electron chi connectivity index (χ3n) is 3.96. The normalized spacial score (nSPS) is 12.6. The van der Waals surface area contributed by atoms with Crippen molar-refractivity contribution in [1.29, 1.82) is 0 Å². The van der Waals surface area contributed by atoms with Gasteiger partial charge in [0, 0.05) is 23.7 Å². The second kappa shape index (κ2) is 7.01. The van der Waals surface area contributed by atoms with E-state index < -0.39 is 0 Å². The van der Waals surface area contributed by atoms with E-state index in [0.29, 0.717) is 24.9 Å². The minimum absolute atomic E-state index is 0.0409. The number of aliphatic imine (C=N–C) groups is 1. The highest BCUT2D eigenvalue weighted by Gasteiger charge is 2.19. The molecule has 2 aromatic heterocycles. The zero-order chi connectivity index (χ0) is 17.9. The van der Waals surface area contributed by atoms with E-state index in [9.17, 15) is 0 Å². The minimum atomic E-state index is -0.0409. The molecule has 2 heterocycles. The Morgan fingerprint density at radius 1 is 1.20 bits per heavy atom. The van der Waals surface area contributed by atoms with Gasteiger partial charge in [0.2, 0.25) is 5.89 Å². The highest BCUT2D eigenvalue weighted by atomic mass is 16.4. The molecule has 0 aliphatic rings. The molecule has 3 N–H and O–H groups in total. The van der Waals surface area contributed by atoms with Crippen LogP contribution in [0.5, 0.6) is 0 Å². The van der Waals surface area contributed by atoms with Gasteiger partial charge in [-0.3, -0.25) is 4.99 Å². The number of nitrogens with one attached hydrogen (secondary N) is 3. The molecule has 3 rings (SSSR count). The number of oxazole rings is 1. The summed E-state index contributed by atoms with van der Waals surface area (Å²) in [7, 11) is 1.75. The standard InChI is InChI=1S/C19H25N5O/c1-19(2,3)16-11-21-17(25-16)12-23-18(20-4)22-10-14-9-13-7-5-6-8-15(13)24-14/h5-9,11,24H,10,12H2,1-4H3,(H2,20,22,23). The van der Waals surface area contributed by atoms with Crippen LogP contribution in [-0.2, 0) is 18.5 Å². The van der Waals surface area contributed by atoms with Crippen LogP contribution >= 0.6 is 0 Å². The van der Waals surface area contributed by atoms with Crippen molar-refractivity contribution in [2.45, 2.75) is 39.3 Å². The molecule has 0 radical (unpaired) electrons. The number of aromatic nitrogens is 2. The number of hydrogen-bond acceptors (Lipinski definition) is 3. The van der Waals surface area contributed by atoms with Crippen LogP contribution in [-0.4, -0.2) is 23.0 Å². The number of nitrogens with zero attached hydrogens (tertiary/aromatic N) is 2. The molecule has 0 aliphatic carbocycles. The largest absolute Gasteiger partial charge is 0.443 e. The Morgan fingerprint density at radius 2 is 1.96 bits per heavy atom. The van der Waals surface area contributed by atoms with Crippen molar-refractivity contribution in [2.24, 2.45) is 4.99 Å². The molecule has 1 aromatic carbocycles. The zero-order valence-electron chi connectivity index (χ0n) is 15.2. The Bertz CT molecular complexity index is 836. The van der Waals surface area contributed by atoms with Gasteiger partial charge in [-0.2, -0.15) is 0 Å². The van der Waals surface area contributed by atoms with Gasteiger partial charge in [-0.1, -0.05) is 39.0 Å². The molecule has 0 unspecified atom stereocenters. The second-order valence-corrected chi connectivity index (χ2v) is 7.03. The predicted octanol–water partition coefficient (Wildman–Crippen LogP) is 3.32. The Hall–Kier alpha value is -2.76. The molecule has 0 bridgehead atoms. The lowest BCUT2D eigenvalue weighted by Gasteiger charge is -2.13. The SMILES string of the molecule is CN=C(NCc1cc2ccccc2[nH]1)NCc1ncc(C(C)(C)C)o1. The number of fused-ring (bicyclic) bond motifs is 1. The van der Waals surface area contributed by atoms with Crippen LogP contribution in [0.25, 0.3) is 10.9 Å². The fourth-order valence-electron chi connectivity index (χ4n) is 2.53. The highest BCUT2D eigenvalue weighted by Crippen LogP contribution is 2.22. The maximum atomic E-state index is 5.78. The van der Waals surface area contributed by atoms with Crippen LogP contribution in [0.4, 0.5) is 0 Å². The average molecular weight is 339 g/mol. The van der Waals surface area contributed by atoms with Crippen LogP contribution in [0.1, 0.15) is 38.1 Å². The number of hydrogen-bond donors (Lipinski definition) is 3. The van der Waals surface area contributed by atoms with Crippen LogP contribution < -0.4 is 10.6 Å². The summed E-state index contributed by atoms with van der Waals surface area (Å²) < 4.78 is 5.78. The van der Waals surface area contributed by atoms with Crippen LogP contribution in [0.2, 0.25) is 0 Å². The average Bonchev–Trinajstić information content (AvgIpc) is 3.21. The summed E-state index contributed by atoms with van der Waals surface area (Å²) in [6.07, 6.45) is 1.79. The number of aromatic amines is 1. The van der Waals surface area contributed by atoms with E-state index in [2.05, 4.69) is 64.6 Å². The van der Waals surface area contributed by atoms with Crippen LogP contribution in [0.3, 0.4) is 0 Å². The van der Waals surface area contributed by atoms with Gasteiger partial charge in [-0.05, 0) is 17.5 Å². The lowest BCUT2D eigenvalue weighted by Crippen LogP contribution is -2.36. The predicted molar refractivity (Wildman–Crippen MR) is 101 cm³/mol. The summed E-state index contributed by atoms with van der Waals surface area (Å²) >= 11 is 0. The Morgan fingerprint density at radius 3 is 2.64 bits per heavy atom. The molecule has 132 valence electrons. The number of H-pyrrole nitrogens is 1. The lowest BCUT2D eigenvalue weighted by molar-refractivity contribution is 0.379. The first-order chi connectivity index (χ1) is 12.0. The first-order valence-electron chi connectivity index (χ1n) is 8.42. The summed E-state index contributed by atoms with van der Waals surface area (Å²) in [5.41, 5.74) is 2.20. The van der Waals surface area contributed by atoms with Gasteiger partial charge in [-0.25, -0.2) is 4.98 Å². The number of para-hydroxylation sites is 1. The highest BCUT2D eigenvalue weighted by molar-refractivity contribution is 5.81. The first-order valence-corrected chi connectivity index (χ1v) is 8.42. The van der Waals surface area contributed by atoms with E-state index in [1.165, 1.54) is 5.39 Å². The molecule has 0 amide bonds. The van der Waals surface area contributed by atoms with E-state index in [0.717, 1.165) is 17.0 Å². The second-order valence-electron chi connectivity index (χ2n) is 7.03. The summed E-state index contributed by atoms with van der Waals surface area (Å²) in [6, 6.07) is 10.4. The smallest absolute Gasteiger partial charge is 0.213 e. The van der Waals surface area contributed by atoms with Gasteiger partial charge in [0.15, 0.2) is 5.96 Å². The molecule has 0 fully saturated rings. The Kier molecular flexibility index (Phi) is 4.79. The van der Waals surface area contributed by atoms with Crippen LogP contribution in [0, 0.1) is 0 Å². The minimum Gasteiger partial charge on any atom is -0.443 e. The van der Waals surface area contributed by atoms with Gasteiger partial charge in [0.25, 0.3) is 0 Å². The molecule has 0 saturated carbocycles. The van der Waals surface area contributed by atoms with Gasteiger partial charge in [0.1, 0.15) is 5.76 Å². The molecule has 6 nitrogen and oxygen atoms in total. The molecule has 0 atom stereocenters. The summed E-state index contributed by atoms with van der Waals surface area (Å²) in [5.74, 6) is 2.23. The third kappa shape index (κ3) is 4.21. The van der Waals surface area contributed by atoms with Crippen molar-refractivity contribution in [3.63, 3.8) is 0 Å². The molecule has 25 heavy (non-hydrogen) atoms. The van der Waals surface area contributed by atoms with E-state index >= 15 is 0 Å². The number of guanidine groups is 1. The fourth-order valence-corrected chi connectivity index (χ4v) is 2.53.